The van der Waals surface area contributed by atoms with Gasteiger partial charge >= 0.3 is 0 Å². The fraction of sp³-hybridized carbons (Fsp3) is 0.647. The van der Waals surface area contributed by atoms with Crippen LogP contribution >= 0.6 is 0 Å². The van der Waals surface area contributed by atoms with Crippen LogP contribution in [0, 0.1) is 0 Å². The van der Waals surface area contributed by atoms with E-state index in [1.165, 1.54) is 18.4 Å². The van der Waals surface area contributed by atoms with Crippen molar-refractivity contribution in [2.75, 3.05) is 13.1 Å². The second-order valence-electron chi connectivity index (χ2n) is 7.04. The highest BCUT2D eigenvalue weighted by molar-refractivity contribution is 5.26. The Bertz CT molecular complexity index is 442. The first-order valence-electron chi connectivity index (χ1n) is 7.51. The Labute approximate surface area is 116 Å². The minimum Gasteiger partial charge on any atom is -0.390 e. The van der Waals surface area contributed by atoms with Crippen LogP contribution in [0.25, 0.3) is 0 Å². The first-order valence-corrected chi connectivity index (χ1v) is 7.51. The molecule has 0 radical (unpaired) electrons. The zero-order valence-electron chi connectivity index (χ0n) is 12.1. The van der Waals surface area contributed by atoms with Crippen molar-refractivity contribution in [3.63, 3.8) is 0 Å². The van der Waals surface area contributed by atoms with E-state index in [0.717, 1.165) is 25.9 Å². The van der Waals surface area contributed by atoms with Gasteiger partial charge in [0, 0.05) is 24.5 Å². The lowest BCUT2D eigenvalue weighted by atomic mass is 9.71. The van der Waals surface area contributed by atoms with E-state index in [4.69, 9.17) is 0 Å². The summed E-state index contributed by atoms with van der Waals surface area (Å²) in [5, 5.41) is 10.2. The van der Waals surface area contributed by atoms with Gasteiger partial charge in [-0.25, -0.2) is 0 Å². The van der Waals surface area contributed by atoms with Crippen molar-refractivity contribution < 1.29 is 5.11 Å². The summed E-state index contributed by atoms with van der Waals surface area (Å²) < 4.78 is 0. The van der Waals surface area contributed by atoms with E-state index in [1.807, 2.05) is 6.92 Å². The SMILES string of the molecule is CC1(O)CCN2CC(C)(c3ccccc3)CCC2C1. The molecule has 1 aromatic rings. The molecule has 2 heteroatoms. The van der Waals surface area contributed by atoms with Crippen LogP contribution in [0.15, 0.2) is 30.3 Å². The number of nitrogens with zero attached hydrogens (tertiary/aromatic N) is 1. The normalized spacial score (nSPS) is 39.8. The van der Waals surface area contributed by atoms with Crippen LogP contribution in [0.3, 0.4) is 0 Å². The number of hydrogen-bond acceptors (Lipinski definition) is 2. The predicted octanol–water partition coefficient (Wildman–Crippen LogP) is 2.95. The number of piperidine rings is 2. The van der Waals surface area contributed by atoms with E-state index >= 15 is 0 Å². The Morgan fingerprint density at radius 3 is 2.63 bits per heavy atom. The lowest BCUT2D eigenvalue weighted by molar-refractivity contribution is -0.0552. The van der Waals surface area contributed by atoms with Crippen molar-refractivity contribution in [2.45, 2.75) is 56.6 Å². The molecule has 3 atom stereocenters. The van der Waals surface area contributed by atoms with E-state index in [9.17, 15) is 5.11 Å². The molecular weight excluding hydrogens is 234 g/mol. The summed E-state index contributed by atoms with van der Waals surface area (Å²) in [5.41, 5.74) is 1.30. The van der Waals surface area contributed by atoms with Crippen LogP contribution < -0.4 is 0 Å². The zero-order valence-corrected chi connectivity index (χ0v) is 12.1. The summed E-state index contributed by atoms with van der Waals surface area (Å²) in [6.07, 6.45) is 4.29. The van der Waals surface area contributed by atoms with Crippen molar-refractivity contribution in [1.82, 2.24) is 4.90 Å². The van der Waals surface area contributed by atoms with Crippen LogP contribution in [-0.4, -0.2) is 34.7 Å². The van der Waals surface area contributed by atoms with Gasteiger partial charge in [-0.05, 0) is 38.2 Å². The Kier molecular flexibility index (Phi) is 3.18. The molecule has 2 aliphatic heterocycles. The number of rotatable bonds is 1. The van der Waals surface area contributed by atoms with Crippen molar-refractivity contribution >= 4 is 0 Å². The Hall–Kier alpha value is -0.860. The van der Waals surface area contributed by atoms with E-state index in [1.54, 1.807) is 0 Å². The molecule has 0 bridgehead atoms. The van der Waals surface area contributed by atoms with Gasteiger partial charge < -0.3 is 5.11 Å². The van der Waals surface area contributed by atoms with Crippen molar-refractivity contribution in [3.05, 3.63) is 35.9 Å². The Morgan fingerprint density at radius 1 is 1.16 bits per heavy atom. The van der Waals surface area contributed by atoms with Gasteiger partial charge in [-0.1, -0.05) is 37.3 Å². The second-order valence-corrected chi connectivity index (χ2v) is 7.04. The van der Waals surface area contributed by atoms with Crippen LogP contribution in [-0.2, 0) is 5.41 Å². The highest BCUT2D eigenvalue weighted by Gasteiger charge is 2.42. The van der Waals surface area contributed by atoms with Crippen molar-refractivity contribution in [1.29, 1.82) is 0 Å². The van der Waals surface area contributed by atoms with Gasteiger partial charge in [0.2, 0.25) is 0 Å². The van der Waals surface area contributed by atoms with Gasteiger partial charge in [-0.3, -0.25) is 4.90 Å². The topological polar surface area (TPSA) is 23.5 Å². The molecule has 1 N–H and O–H groups in total. The first kappa shape index (κ1) is 13.1. The van der Waals surface area contributed by atoms with Gasteiger partial charge in [-0.15, -0.1) is 0 Å². The number of benzene rings is 1. The van der Waals surface area contributed by atoms with Gasteiger partial charge in [-0.2, -0.15) is 0 Å². The summed E-state index contributed by atoms with van der Waals surface area (Å²) in [7, 11) is 0. The average molecular weight is 259 g/mol. The summed E-state index contributed by atoms with van der Waals surface area (Å²) in [6, 6.07) is 11.5. The number of fused-ring (bicyclic) bond motifs is 1. The number of hydrogen-bond donors (Lipinski definition) is 1. The lowest BCUT2D eigenvalue weighted by Gasteiger charge is -2.51. The molecule has 3 unspecified atom stereocenters. The molecule has 2 saturated heterocycles. The first-order chi connectivity index (χ1) is 8.99. The third-order valence-corrected chi connectivity index (χ3v) is 5.18. The molecule has 0 spiro atoms. The van der Waals surface area contributed by atoms with Gasteiger partial charge in [0.15, 0.2) is 0 Å². The minimum absolute atomic E-state index is 0.279. The highest BCUT2D eigenvalue weighted by atomic mass is 16.3. The maximum absolute atomic E-state index is 10.2. The number of aliphatic hydroxyl groups is 1. The third kappa shape index (κ3) is 2.56. The van der Waals surface area contributed by atoms with Gasteiger partial charge in [0.05, 0.1) is 5.60 Å². The lowest BCUT2D eigenvalue weighted by Crippen LogP contribution is -2.56. The minimum atomic E-state index is -0.443. The molecule has 3 rings (SSSR count). The molecule has 104 valence electrons. The van der Waals surface area contributed by atoms with Crippen LogP contribution in [0.2, 0.25) is 0 Å². The van der Waals surface area contributed by atoms with Crippen LogP contribution in [0.5, 0.6) is 0 Å². The molecule has 1 aromatic carbocycles. The van der Waals surface area contributed by atoms with E-state index in [-0.39, 0.29) is 5.41 Å². The standard InChI is InChI=1S/C17H25NO/c1-16(14-6-4-3-5-7-14)9-8-15-12-17(2,19)10-11-18(15)13-16/h3-7,15,19H,8-13H2,1-2H3. The monoisotopic (exact) mass is 259 g/mol. The van der Waals surface area contributed by atoms with Crippen molar-refractivity contribution in [3.8, 4) is 0 Å². The maximum atomic E-state index is 10.2. The van der Waals surface area contributed by atoms with E-state index < -0.39 is 5.60 Å². The summed E-state index contributed by atoms with van der Waals surface area (Å²) in [5.74, 6) is 0. The fourth-order valence-electron chi connectivity index (χ4n) is 3.89. The average Bonchev–Trinajstić information content (AvgIpc) is 2.40. The summed E-state index contributed by atoms with van der Waals surface area (Å²) >= 11 is 0. The summed E-state index contributed by atoms with van der Waals surface area (Å²) in [4.78, 5) is 2.61. The van der Waals surface area contributed by atoms with E-state index in [2.05, 4.69) is 42.2 Å². The predicted molar refractivity (Wildman–Crippen MR) is 78.2 cm³/mol. The largest absolute Gasteiger partial charge is 0.390 e. The van der Waals surface area contributed by atoms with Crippen LogP contribution in [0.4, 0.5) is 0 Å². The van der Waals surface area contributed by atoms with Gasteiger partial charge in [0.1, 0.15) is 0 Å². The van der Waals surface area contributed by atoms with Gasteiger partial charge in [0.25, 0.3) is 0 Å². The fourth-order valence-corrected chi connectivity index (χ4v) is 3.89. The van der Waals surface area contributed by atoms with E-state index in [0.29, 0.717) is 6.04 Å². The highest BCUT2D eigenvalue weighted by Crippen LogP contribution is 2.40. The molecule has 2 aliphatic rings. The molecule has 0 aliphatic carbocycles. The molecule has 2 heterocycles. The molecule has 0 saturated carbocycles. The maximum Gasteiger partial charge on any atom is 0.0646 e. The molecular formula is C17H25NO. The zero-order chi connectivity index (χ0) is 13.5. The second kappa shape index (κ2) is 4.60. The molecule has 2 fully saturated rings. The Morgan fingerprint density at radius 2 is 1.89 bits per heavy atom. The quantitative estimate of drug-likeness (QED) is 0.838. The molecule has 0 aromatic heterocycles. The summed E-state index contributed by atoms with van der Waals surface area (Å²) in [6.45, 7) is 6.57. The van der Waals surface area contributed by atoms with Crippen LogP contribution in [0.1, 0.15) is 45.1 Å². The third-order valence-electron chi connectivity index (χ3n) is 5.18. The Balaban J connectivity index is 1.77. The van der Waals surface area contributed by atoms with Crippen molar-refractivity contribution in [2.24, 2.45) is 0 Å². The molecule has 19 heavy (non-hydrogen) atoms. The molecule has 2 nitrogen and oxygen atoms in total. The molecule has 0 amide bonds. The smallest absolute Gasteiger partial charge is 0.0646 e.